The van der Waals surface area contributed by atoms with E-state index in [-0.39, 0.29) is 22.0 Å². The predicted molar refractivity (Wildman–Crippen MR) is 91.5 cm³/mol. The molecular weight excluding hydrogens is 330 g/mol. The van der Waals surface area contributed by atoms with Crippen LogP contribution < -0.4 is 5.32 Å². The topological polar surface area (TPSA) is 96.0 Å². The second-order valence-electron chi connectivity index (χ2n) is 4.96. The van der Waals surface area contributed by atoms with Gasteiger partial charge in [0.2, 0.25) is 0 Å². The number of non-ortho nitro benzene ring substituents is 1. The van der Waals surface area contributed by atoms with Gasteiger partial charge < -0.3 is 5.32 Å². The van der Waals surface area contributed by atoms with E-state index < -0.39 is 10.8 Å². The molecule has 0 radical (unpaired) electrons. The van der Waals surface area contributed by atoms with Crippen molar-refractivity contribution >= 4 is 35.0 Å². The van der Waals surface area contributed by atoms with Crippen molar-refractivity contribution in [1.82, 2.24) is 0 Å². The number of nitro benzene ring substituents is 1. The number of benzene rings is 2. The van der Waals surface area contributed by atoms with E-state index in [9.17, 15) is 20.2 Å². The summed E-state index contributed by atoms with van der Waals surface area (Å²) in [6, 6.07) is 12.8. The molecule has 2 rings (SSSR count). The summed E-state index contributed by atoms with van der Waals surface area (Å²) in [7, 11) is 0. The van der Waals surface area contributed by atoms with Crippen LogP contribution >= 0.6 is 11.6 Å². The fraction of sp³-hybridized carbons (Fsp3) is 0.0588. The van der Waals surface area contributed by atoms with Crippen LogP contribution in [0.3, 0.4) is 0 Å². The van der Waals surface area contributed by atoms with E-state index >= 15 is 0 Å². The van der Waals surface area contributed by atoms with Crippen LogP contribution in [0.4, 0.5) is 11.4 Å². The molecule has 24 heavy (non-hydrogen) atoms. The highest BCUT2D eigenvalue weighted by Gasteiger charge is 2.15. The first-order valence-corrected chi connectivity index (χ1v) is 7.22. The largest absolute Gasteiger partial charge is 0.320 e. The van der Waals surface area contributed by atoms with Crippen LogP contribution in [0.1, 0.15) is 11.1 Å². The van der Waals surface area contributed by atoms with Crippen molar-refractivity contribution in [3.8, 4) is 6.07 Å². The first-order valence-electron chi connectivity index (χ1n) is 6.84. The lowest BCUT2D eigenvalue weighted by molar-refractivity contribution is -0.384. The molecule has 6 nitrogen and oxygen atoms in total. The number of nitrogens with one attached hydrogen (secondary N) is 1. The van der Waals surface area contributed by atoms with Gasteiger partial charge in [0.15, 0.2) is 0 Å². The summed E-state index contributed by atoms with van der Waals surface area (Å²) in [5, 5.41) is 22.5. The summed E-state index contributed by atoms with van der Waals surface area (Å²) in [5.41, 5.74) is 1.47. The van der Waals surface area contributed by atoms with Gasteiger partial charge in [0.25, 0.3) is 11.6 Å². The van der Waals surface area contributed by atoms with Gasteiger partial charge in [0.1, 0.15) is 11.6 Å². The molecule has 120 valence electrons. The Morgan fingerprint density at radius 1 is 1.29 bits per heavy atom. The Bertz CT molecular complexity index is 868. The van der Waals surface area contributed by atoms with Crippen molar-refractivity contribution in [3.63, 3.8) is 0 Å². The van der Waals surface area contributed by atoms with Crippen LogP contribution in [0.5, 0.6) is 0 Å². The number of amides is 1. The average Bonchev–Trinajstić information content (AvgIpc) is 2.56. The van der Waals surface area contributed by atoms with Gasteiger partial charge in [-0.05, 0) is 24.6 Å². The summed E-state index contributed by atoms with van der Waals surface area (Å²) in [5.74, 6) is -0.694. The summed E-state index contributed by atoms with van der Waals surface area (Å²) in [6.45, 7) is 1.93. The van der Waals surface area contributed by atoms with Gasteiger partial charge in [-0.15, -0.1) is 0 Å². The van der Waals surface area contributed by atoms with Gasteiger partial charge in [-0.2, -0.15) is 5.26 Å². The minimum absolute atomic E-state index is 0.0703. The van der Waals surface area contributed by atoms with Gasteiger partial charge in [-0.1, -0.05) is 41.4 Å². The first kappa shape index (κ1) is 17.2. The SMILES string of the molecule is Cc1ccc(/C=C(\C#N)C(=O)Nc2cc([N+](=O)[O-])ccc2Cl)cc1. The molecule has 2 aromatic carbocycles. The van der Waals surface area contributed by atoms with E-state index in [1.165, 1.54) is 18.2 Å². The molecule has 0 saturated carbocycles. The minimum atomic E-state index is -0.694. The Balaban J connectivity index is 2.27. The Kier molecular flexibility index (Phi) is 5.30. The highest BCUT2D eigenvalue weighted by Crippen LogP contribution is 2.27. The fourth-order valence-corrected chi connectivity index (χ4v) is 2.05. The molecule has 1 N–H and O–H groups in total. The lowest BCUT2D eigenvalue weighted by Gasteiger charge is -2.06. The maximum Gasteiger partial charge on any atom is 0.271 e. The first-order chi connectivity index (χ1) is 11.4. The van der Waals surface area contributed by atoms with E-state index in [1.54, 1.807) is 12.1 Å². The zero-order valence-electron chi connectivity index (χ0n) is 12.6. The number of anilines is 1. The molecule has 0 bridgehead atoms. The van der Waals surface area contributed by atoms with Crippen molar-refractivity contribution in [2.24, 2.45) is 0 Å². The molecule has 0 heterocycles. The smallest absolute Gasteiger partial charge is 0.271 e. The number of rotatable bonds is 4. The molecule has 0 aliphatic carbocycles. The zero-order valence-corrected chi connectivity index (χ0v) is 13.4. The van der Waals surface area contributed by atoms with Crippen LogP contribution in [0.15, 0.2) is 48.0 Å². The van der Waals surface area contributed by atoms with Gasteiger partial charge in [-0.3, -0.25) is 14.9 Å². The maximum atomic E-state index is 12.2. The number of hydrogen-bond donors (Lipinski definition) is 1. The monoisotopic (exact) mass is 341 g/mol. The van der Waals surface area contributed by atoms with Crippen molar-refractivity contribution in [2.45, 2.75) is 6.92 Å². The predicted octanol–water partition coefficient (Wildman–Crippen LogP) is 4.10. The normalized spacial score (nSPS) is 10.8. The number of halogens is 1. The quantitative estimate of drug-likeness (QED) is 0.392. The molecule has 0 atom stereocenters. The molecule has 0 saturated heterocycles. The number of aryl methyl sites for hydroxylation is 1. The van der Waals surface area contributed by atoms with E-state index in [2.05, 4.69) is 5.32 Å². The number of nitriles is 1. The number of carbonyl (C=O) groups is 1. The molecule has 0 aromatic heterocycles. The van der Waals surface area contributed by atoms with Crippen LogP contribution in [-0.4, -0.2) is 10.8 Å². The van der Waals surface area contributed by atoms with Crippen molar-refractivity contribution in [2.75, 3.05) is 5.32 Å². The zero-order chi connectivity index (χ0) is 17.7. The van der Waals surface area contributed by atoms with Crippen molar-refractivity contribution in [1.29, 1.82) is 5.26 Å². The van der Waals surface area contributed by atoms with Crippen LogP contribution in [0.2, 0.25) is 5.02 Å². The lowest BCUT2D eigenvalue weighted by Crippen LogP contribution is -2.14. The maximum absolute atomic E-state index is 12.2. The lowest BCUT2D eigenvalue weighted by atomic mass is 10.1. The summed E-state index contributed by atoms with van der Waals surface area (Å²) in [4.78, 5) is 22.4. The van der Waals surface area contributed by atoms with Gasteiger partial charge >= 0.3 is 0 Å². The Morgan fingerprint density at radius 2 is 1.96 bits per heavy atom. The third kappa shape index (κ3) is 4.18. The highest BCUT2D eigenvalue weighted by atomic mass is 35.5. The summed E-state index contributed by atoms with van der Waals surface area (Å²) in [6.07, 6.45) is 1.43. The van der Waals surface area contributed by atoms with Crippen molar-refractivity contribution < 1.29 is 9.72 Å². The number of carbonyl (C=O) groups excluding carboxylic acids is 1. The number of hydrogen-bond acceptors (Lipinski definition) is 4. The number of nitro groups is 1. The molecular formula is C17H12ClN3O3. The van der Waals surface area contributed by atoms with Gasteiger partial charge in [0, 0.05) is 12.1 Å². The molecule has 0 fully saturated rings. The van der Waals surface area contributed by atoms with E-state index in [0.29, 0.717) is 5.56 Å². The second-order valence-corrected chi connectivity index (χ2v) is 5.36. The van der Waals surface area contributed by atoms with Gasteiger partial charge in [0.05, 0.1) is 15.6 Å². The molecule has 0 unspecified atom stereocenters. The standard InChI is InChI=1S/C17H12ClN3O3/c1-11-2-4-12(5-3-11)8-13(10-19)17(22)20-16-9-14(21(23)24)6-7-15(16)18/h2-9H,1H3,(H,20,22)/b13-8+. The van der Waals surface area contributed by atoms with Gasteiger partial charge in [-0.25, -0.2) is 0 Å². The third-order valence-electron chi connectivity index (χ3n) is 3.16. The van der Waals surface area contributed by atoms with E-state index in [0.717, 1.165) is 11.6 Å². The average molecular weight is 342 g/mol. The fourth-order valence-electron chi connectivity index (χ4n) is 1.89. The molecule has 1 amide bonds. The van der Waals surface area contributed by atoms with Crippen LogP contribution in [0.25, 0.3) is 6.08 Å². The van der Waals surface area contributed by atoms with Crippen molar-refractivity contribution in [3.05, 3.63) is 74.3 Å². The Morgan fingerprint density at radius 3 is 2.54 bits per heavy atom. The van der Waals surface area contributed by atoms with Crippen LogP contribution in [0, 0.1) is 28.4 Å². The number of nitrogens with zero attached hydrogens (tertiary/aromatic N) is 2. The second kappa shape index (κ2) is 7.40. The summed E-state index contributed by atoms with van der Waals surface area (Å²) < 4.78 is 0. The minimum Gasteiger partial charge on any atom is -0.320 e. The molecule has 0 aliphatic rings. The molecule has 7 heteroatoms. The van der Waals surface area contributed by atoms with E-state index in [1.807, 2.05) is 25.1 Å². The van der Waals surface area contributed by atoms with E-state index in [4.69, 9.17) is 11.6 Å². The highest BCUT2D eigenvalue weighted by molar-refractivity contribution is 6.34. The third-order valence-corrected chi connectivity index (χ3v) is 3.49. The molecule has 2 aromatic rings. The molecule has 0 spiro atoms. The van der Waals surface area contributed by atoms with Crippen LogP contribution in [-0.2, 0) is 4.79 Å². The summed E-state index contributed by atoms with van der Waals surface area (Å²) >= 11 is 5.93. The molecule has 0 aliphatic heterocycles. The Labute approximate surface area is 143 Å². The Hall–Kier alpha value is -3.17.